The number of thiazole rings is 1. The average Bonchev–Trinajstić information content (AvgIpc) is 3.03. The summed E-state index contributed by atoms with van der Waals surface area (Å²) in [5.41, 5.74) is 1.26. The topological polar surface area (TPSA) is 37.4 Å². The molecule has 1 aliphatic heterocycles. The third kappa shape index (κ3) is 3.71. The molecular weight excluding hydrogens is 270 g/mol. The molecule has 0 bridgehead atoms. The molecule has 1 aliphatic rings. The van der Waals surface area contributed by atoms with Gasteiger partial charge in [-0.15, -0.1) is 11.3 Å². The van der Waals surface area contributed by atoms with Crippen LogP contribution in [0.2, 0.25) is 0 Å². The van der Waals surface area contributed by atoms with E-state index in [1.165, 1.54) is 22.1 Å². The number of nitrogens with zero attached hydrogens (tertiary/aromatic N) is 2. The smallest absolute Gasteiger partial charge is 0.185 e. The Morgan fingerprint density at radius 2 is 2.30 bits per heavy atom. The van der Waals surface area contributed by atoms with Gasteiger partial charge in [-0.1, -0.05) is 20.8 Å². The minimum atomic E-state index is 0.492. The van der Waals surface area contributed by atoms with Crippen molar-refractivity contribution in [2.75, 3.05) is 38.3 Å². The quantitative estimate of drug-likeness (QED) is 0.840. The van der Waals surface area contributed by atoms with E-state index in [1.807, 2.05) is 11.3 Å². The number of nitrogens with one attached hydrogen (secondary N) is 1. The largest absolute Gasteiger partial charge is 0.384 e. The Balaban J connectivity index is 2.08. The van der Waals surface area contributed by atoms with Crippen LogP contribution in [0.5, 0.6) is 0 Å². The van der Waals surface area contributed by atoms with Gasteiger partial charge in [0.15, 0.2) is 5.13 Å². The second kappa shape index (κ2) is 7.38. The summed E-state index contributed by atoms with van der Waals surface area (Å²) in [5, 5.41) is 4.62. The van der Waals surface area contributed by atoms with E-state index < -0.39 is 0 Å². The number of rotatable bonds is 7. The van der Waals surface area contributed by atoms with Crippen LogP contribution in [0, 0.1) is 5.92 Å². The summed E-state index contributed by atoms with van der Waals surface area (Å²) in [6, 6.07) is 0. The first-order valence-electron chi connectivity index (χ1n) is 7.59. The molecule has 5 heteroatoms. The van der Waals surface area contributed by atoms with Crippen LogP contribution >= 0.6 is 11.3 Å². The summed E-state index contributed by atoms with van der Waals surface area (Å²) in [5.74, 6) is 1.15. The molecule has 114 valence electrons. The highest BCUT2D eigenvalue weighted by molar-refractivity contribution is 7.15. The Kier molecular flexibility index (Phi) is 5.81. The molecule has 0 aliphatic carbocycles. The van der Waals surface area contributed by atoms with Gasteiger partial charge in [0.2, 0.25) is 0 Å². The molecule has 1 atom stereocenters. The summed E-state index contributed by atoms with van der Waals surface area (Å²) in [6.45, 7) is 11.6. The van der Waals surface area contributed by atoms with Gasteiger partial charge < -0.3 is 15.0 Å². The fraction of sp³-hybridized carbons (Fsp3) is 0.800. The maximum Gasteiger partial charge on any atom is 0.185 e. The third-order valence-corrected chi connectivity index (χ3v) is 4.89. The lowest BCUT2D eigenvalue weighted by Crippen LogP contribution is -2.20. The Hall–Kier alpha value is -0.650. The minimum absolute atomic E-state index is 0.492. The lowest BCUT2D eigenvalue weighted by atomic mass is 10.1. The molecule has 0 amide bonds. The van der Waals surface area contributed by atoms with Crippen LogP contribution in [-0.4, -0.2) is 38.3 Å². The molecule has 0 spiro atoms. The average molecular weight is 297 g/mol. The van der Waals surface area contributed by atoms with Crippen LogP contribution < -0.4 is 10.2 Å². The van der Waals surface area contributed by atoms with E-state index in [1.54, 1.807) is 7.11 Å². The highest BCUT2D eigenvalue weighted by Gasteiger charge is 2.26. The van der Waals surface area contributed by atoms with Crippen LogP contribution in [0.3, 0.4) is 0 Å². The summed E-state index contributed by atoms with van der Waals surface area (Å²) in [6.07, 6.45) is 1.22. The fourth-order valence-electron chi connectivity index (χ4n) is 2.68. The van der Waals surface area contributed by atoms with Gasteiger partial charge >= 0.3 is 0 Å². The van der Waals surface area contributed by atoms with Gasteiger partial charge in [0, 0.05) is 37.5 Å². The van der Waals surface area contributed by atoms with Crippen molar-refractivity contribution < 1.29 is 4.74 Å². The molecule has 20 heavy (non-hydrogen) atoms. The Labute approximate surface area is 126 Å². The van der Waals surface area contributed by atoms with Crippen LogP contribution in [0.15, 0.2) is 0 Å². The summed E-state index contributed by atoms with van der Waals surface area (Å²) in [4.78, 5) is 8.72. The number of anilines is 1. The maximum absolute atomic E-state index is 5.28. The molecule has 1 aromatic rings. The van der Waals surface area contributed by atoms with Crippen LogP contribution in [0.1, 0.15) is 43.7 Å². The molecule has 1 unspecified atom stereocenters. The molecule has 0 radical (unpaired) electrons. The Morgan fingerprint density at radius 1 is 1.50 bits per heavy atom. The van der Waals surface area contributed by atoms with Gasteiger partial charge in [-0.2, -0.15) is 0 Å². The maximum atomic E-state index is 5.28. The fourth-order valence-corrected chi connectivity index (χ4v) is 3.90. The molecule has 1 saturated heterocycles. The Bertz CT molecular complexity index is 419. The van der Waals surface area contributed by atoms with Gasteiger partial charge in [-0.25, -0.2) is 4.98 Å². The number of aromatic nitrogens is 1. The summed E-state index contributed by atoms with van der Waals surface area (Å²) < 4.78 is 5.28. The van der Waals surface area contributed by atoms with Crippen LogP contribution in [0.4, 0.5) is 5.13 Å². The SMILES string of the molecule is CCNCc1sc(N2CCC(COC)C2)nc1C(C)C. The molecule has 1 aromatic heterocycles. The first kappa shape index (κ1) is 15.7. The zero-order valence-corrected chi connectivity index (χ0v) is 13.9. The van der Waals surface area contributed by atoms with E-state index in [4.69, 9.17) is 9.72 Å². The van der Waals surface area contributed by atoms with Crippen LogP contribution in [0.25, 0.3) is 0 Å². The molecule has 2 heterocycles. The molecule has 1 fully saturated rings. The van der Waals surface area contributed by atoms with Gasteiger partial charge in [-0.3, -0.25) is 0 Å². The second-order valence-electron chi connectivity index (χ2n) is 5.80. The monoisotopic (exact) mass is 297 g/mol. The lowest BCUT2D eigenvalue weighted by molar-refractivity contribution is 0.161. The Morgan fingerprint density at radius 3 is 2.95 bits per heavy atom. The lowest BCUT2D eigenvalue weighted by Gasteiger charge is -2.14. The molecule has 0 saturated carbocycles. The van der Waals surface area contributed by atoms with Crippen molar-refractivity contribution in [3.8, 4) is 0 Å². The highest BCUT2D eigenvalue weighted by atomic mass is 32.1. The zero-order valence-electron chi connectivity index (χ0n) is 13.1. The van der Waals surface area contributed by atoms with E-state index >= 15 is 0 Å². The number of methoxy groups -OCH3 is 1. The summed E-state index contributed by atoms with van der Waals surface area (Å²) >= 11 is 1.86. The van der Waals surface area contributed by atoms with Crippen molar-refractivity contribution in [3.05, 3.63) is 10.6 Å². The molecule has 2 rings (SSSR count). The van der Waals surface area contributed by atoms with Crippen LogP contribution in [-0.2, 0) is 11.3 Å². The predicted molar refractivity (Wildman–Crippen MR) is 85.8 cm³/mol. The van der Waals surface area contributed by atoms with Crippen molar-refractivity contribution in [3.63, 3.8) is 0 Å². The van der Waals surface area contributed by atoms with Gasteiger partial charge in [0.1, 0.15) is 0 Å². The van der Waals surface area contributed by atoms with E-state index in [2.05, 4.69) is 31.0 Å². The van der Waals surface area contributed by atoms with Crippen molar-refractivity contribution in [1.82, 2.24) is 10.3 Å². The van der Waals surface area contributed by atoms with E-state index in [9.17, 15) is 0 Å². The van der Waals surface area contributed by atoms with Crippen molar-refractivity contribution in [1.29, 1.82) is 0 Å². The summed E-state index contributed by atoms with van der Waals surface area (Å²) in [7, 11) is 1.79. The molecule has 0 aromatic carbocycles. The van der Waals surface area contributed by atoms with Gasteiger partial charge in [-0.05, 0) is 18.9 Å². The zero-order chi connectivity index (χ0) is 14.5. The highest BCUT2D eigenvalue weighted by Crippen LogP contribution is 2.33. The molecule has 1 N–H and O–H groups in total. The predicted octanol–water partition coefficient (Wildman–Crippen LogP) is 2.85. The molecular formula is C15H27N3OS. The normalized spacial score (nSPS) is 19.2. The standard InChI is InChI=1S/C15H27N3OS/c1-5-16-8-13-14(11(2)3)17-15(20-13)18-7-6-12(9-18)10-19-4/h11-12,16H,5-10H2,1-4H3. The van der Waals surface area contributed by atoms with E-state index in [0.717, 1.165) is 32.8 Å². The van der Waals surface area contributed by atoms with Crippen molar-refractivity contribution in [2.45, 2.75) is 39.7 Å². The van der Waals surface area contributed by atoms with Crippen molar-refractivity contribution in [2.24, 2.45) is 5.92 Å². The molecule has 4 nitrogen and oxygen atoms in total. The second-order valence-corrected chi connectivity index (χ2v) is 6.86. The minimum Gasteiger partial charge on any atom is -0.384 e. The van der Waals surface area contributed by atoms with E-state index in [0.29, 0.717) is 11.8 Å². The first-order valence-corrected chi connectivity index (χ1v) is 8.41. The number of ether oxygens (including phenoxy) is 1. The number of hydrogen-bond acceptors (Lipinski definition) is 5. The first-order chi connectivity index (χ1) is 9.65. The number of hydrogen-bond donors (Lipinski definition) is 1. The van der Waals surface area contributed by atoms with Gasteiger partial charge in [0.25, 0.3) is 0 Å². The van der Waals surface area contributed by atoms with Crippen molar-refractivity contribution >= 4 is 16.5 Å². The van der Waals surface area contributed by atoms with E-state index in [-0.39, 0.29) is 0 Å². The van der Waals surface area contributed by atoms with Gasteiger partial charge in [0.05, 0.1) is 12.3 Å². The third-order valence-electron chi connectivity index (χ3n) is 3.76.